The van der Waals surface area contributed by atoms with Gasteiger partial charge in [0.05, 0.1) is 19.2 Å². The van der Waals surface area contributed by atoms with Crippen molar-refractivity contribution in [3.05, 3.63) is 42.5 Å². The quantitative estimate of drug-likeness (QED) is 0.769. The first-order chi connectivity index (χ1) is 7.36. The lowest BCUT2D eigenvalue weighted by atomic mass is 10.4. The normalized spacial score (nSPS) is 10.2. The second-order valence-electron chi connectivity index (χ2n) is 2.81. The maximum absolute atomic E-state index is 13.0. The number of halogens is 1. The van der Waals surface area contributed by atoms with Crippen LogP contribution in [-0.4, -0.2) is 16.6 Å². The third kappa shape index (κ3) is 2.52. The van der Waals surface area contributed by atoms with Crippen molar-refractivity contribution in [2.24, 2.45) is 0 Å². The van der Waals surface area contributed by atoms with Crippen molar-refractivity contribution in [3.63, 3.8) is 0 Å². The third-order valence-corrected chi connectivity index (χ3v) is 1.76. The van der Waals surface area contributed by atoms with Crippen molar-refractivity contribution in [1.82, 2.24) is 9.97 Å². The lowest BCUT2D eigenvalue weighted by molar-refractivity contribution is 0.280. The molecule has 0 saturated heterocycles. The first kappa shape index (κ1) is 9.64. The number of nitrogens with zero attached hydrogens (tertiary/aromatic N) is 2. The zero-order chi connectivity index (χ0) is 10.5. The van der Waals surface area contributed by atoms with Gasteiger partial charge in [0.2, 0.25) is 5.88 Å². The summed E-state index contributed by atoms with van der Waals surface area (Å²) in [5, 5.41) is 0. The molecule has 0 fully saturated rings. The summed E-state index contributed by atoms with van der Waals surface area (Å²) in [6, 6.07) is 2.81. The number of oxazole rings is 1. The molecule has 0 aliphatic rings. The summed E-state index contributed by atoms with van der Waals surface area (Å²) < 4.78 is 23.1. The van der Waals surface area contributed by atoms with Crippen LogP contribution in [0.5, 0.6) is 5.88 Å². The first-order valence-corrected chi connectivity index (χ1v) is 4.48. The molecule has 0 spiro atoms. The fraction of sp³-hybridized carbons (Fsp3) is 0.200. The number of rotatable bonds is 4. The number of aromatic nitrogens is 2. The molecule has 0 amide bonds. The average molecular weight is 208 g/mol. The molecule has 0 N–H and O–H groups in total. The molecule has 0 aliphatic carbocycles. The summed E-state index contributed by atoms with van der Waals surface area (Å²) in [7, 11) is 0. The summed E-state index contributed by atoms with van der Waals surface area (Å²) in [6.45, 7) is 0.286. The second kappa shape index (κ2) is 4.54. The molecular weight excluding hydrogens is 199 g/mol. The van der Waals surface area contributed by atoms with Gasteiger partial charge in [-0.1, -0.05) is 0 Å². The van der Waals surface area contributed by atoms with Crippen molar-refractivity contribution in [3.8, 4) is 5.88 Å². The largest absolute Gasteiger partial charge is 0.475 e. The Hall–Kier alpha value is -1.91. The van der Waals surface area contributed by atoms with Gasteiger partial charge in [0.15, 0.2) is 11.7 Å². The lowest BCUT2D eigenvalue weighted by Gasteiger charge is -2.03. The fourth-order valence-corrected chi connectivity index (χ4v) is 1.09. The van der Waals surface area contributed by atoms with E-state index in [1.54, 1.807) is 6.20 Å². The number of ether oxygens (including phenoxy) is 1. The Morgan fingerprint density at radius 1 is 1.33 bits per heavy atom. The molecule has 2 rings (SSSR count). The van der Waals surface area contributed by atoms with E-state index in [0.717, 1.165) is 0 Å². The molecule has 5 heteroatoms. The van der Waals surface area contributed by atoms with E-state index >= 15 is 0 Å². The van der Waals surface area contributed by atoms with E-state index in [2.05, 4.69) is 9.97 Å². The Morgan fingerprint density at radius 3 is 3.00 bits per heavy atom. The van der Waals surface area contributed by atoms with Crippen LogP contribution in [0.3, 0.4) is 0 Å². The molecule has 0 aromatic carbocycles. The predicted octanol–water partition coefficient (Wildman–Crippen LogP) is 1.83. The molecule has 4 nitrogen and oxygen atoms in total. The average Bonchev–Trinajstić information content (AvgIpc) is 2.74. The molecule has 2 aromatic heterocycles. The van der Waals surface area contributed by atoms with Crippen molar-refractivity contribution >= 4 is 0 Å². The van der Waals surface area contributed by atoms with Crippen molar-refractivity contribution in [1.29, 1.82) is 0 Å². The SMILES string of the molecule is Fc1cccnc1OCCc1ncco1. The Kier molecular flexibility index (Phi) is 2.92. The zero-order valence-corrected chi connectivity index (χ0v) is 7.89. The highest BCUT2D eigenvalue weighted by Gasteiger charge is 2.04. The maximum atomic E-state index is 13.0. The Bertz CT molecular complexity index is 417. The standard InChI is InChI=1S/C10H9FN2O2/c11-8-2-1-4-13-10(8)15-6-3-9-12-5-7-14-9/h1-2,4-5,7H,3,6H2. The molecule has 0 radical (unpaired) electrons. The molecule has 2 heterocycles. The van der Waals surface area contributed by atoms with Gasteiger partial charge in [-0.15, -0.1) is 0 Å². The van der Waals surface area contributed by atoms with Gasteiger partial charge in [0.1, 0.15) is 6.26 Å². The van der Waals surface area contributed by atoms with Gasteiger partial charge in [0.25, 0.3) is 0 Å². The van der Waals surface area contributed by atoms with Gasteiger partial charge in [-0.3, -0.25) is 0 Å². The summed E-state index contributed by atoms with van der Waals surface area (Å²) in [6.07, 6.45) is 5.00. The van der Waals surface area contributed by atoms with Gasteiger partial charge < -0.3 is 9.15 Å². The molecule has 0 atom stereocenters. The van der Waals surface area contributed by atoms with Crippen molar-refractivity contribution < 1.29 is 13.5 Å². The van der Waals surface area contributed by atoms with Gasteiger partial charge in [-0.25, -0.2) is 14.4 Å². The topological polar surface area (TPSA) is 48.2 Å². The second-order valence-corrected chi connectivity index (χ2v) is 2.81. The molecule has 0 aliphatic heterocycles. The minimum absolute atomic E-state index is 0.00376. The highest BCUT2D eigenvalue weighted by atomic mass is 19.1. The van der Waals surface area contributed by atoms with Gasteiger partial charge in [-0.2, -0.15) is 0 Å². The first-order valence-electron chi connectivity index (χ1n) is 4.48. The number of pyridine rings is 1. The maximum Gasteiger partial charge on any atom is 0.250 e. The molecular formula is C10H9FN2O2. The highest BCUT2D eigenvalue weighted by molar-refractivity contribution is 5.12. The van der Waals surface area contributed by atoms with Crippen LogP contribution in [0.25, 0.3) is 0 Å². The van der Waals surface area contributed by atoms with E-state index in [9.17, 15) is 4.39 Å². The van der Waals surface area contributed by atoms with Crippen LogP contribution in [0, 0.1) is 5.82 Å². The van der Waals surface area contributed by atoms with Gasteiger partial charge in [-0.05, 0) is 12.1 Å². The van der Waals surface area contributed by atoms with Crippen LogP contribution in [0.15, 0.2) is 35.2 Å². The Morgan fingerprint density at radius 2 is 2.27 bits per heavy atom. The van der Waals surface area contributed by atoms with Crippen molar-refractivity contribution in [2.45, 2.75) is 6.42 Å². The zero-order valence-electron chi connectivity index (χ0n) is 7.89. The summed E-state index contributed by atoms with van der Waals surface area (Å²) in [5.74, 6) is 0.0975. The van der Waals surface area contributed by atoms with Crippen LogP contribution in [-0.2, 0) is 6.42 Å². The van der Waals surface area contributed by atoms with E-state index < -0.39 is 5.82 Å². The Labute approximate surface area is 85.7 Å². The van der Waals surface area contributed by atoms with Crippen LogP contribution in [0.1, 0.15) is 5.89 Å². The van der Waals surface area contributed by atoms with E-state index in [0.29, 0.717) is 12.3 Å². The van der Waals surface area contributed by atoms with Crippen LogP contribution >= 0.6 is 0 Å². The third-order valence-electron chi connectivity index (χ3n) is 1.76. The van der Waals surface area contributed by atoms with Gasteiger partial charge >= 0.3 is 0 Å². The predicted molar refractivity (Wildman–Crippen MR) is 49.9 cm³/mol. The molecule has 0 bridgehead atoms. The van der Waals surface area contributed by atoms with E-state index in [-0.39, 0.29) is 12.5 Å². The highest BCUT2D eigenvalue weighted by Crippen LogP contribution is 2.11. The molecule has 78 valence electrons. The van der Waals surface area contributed by atoms with E-state index in [1.165, 1.54) is 24.6 Å². The van der Waals surface area contributed by atoms with E-state index in [1.807, 2.05) is 0 Å². The summed E-state index contributed by atoms with van der Waals surface area (Å²) in [4.78, 5) is 7.66. The summed E-state index contributed by atoms with van der Waals surface area (Å²) in [5.41, 5.74) is 0. The van der Waals surface area contributed by atoms with Crippen LogP contribution < -0.4 is 4.74 Å². The minimum Gasteiger partial charge on any atom is -0.475 e. The van der Waals surface area contributed by atoms with Crippen LogP contribution in [0.4, 0.5) is 4.39 Å². The van der Waals surface area contributed by atoms with Crippen LogP contribution in [0.2, 0.25) is 0 Å². The van der Waals surface area contributed by atoms with Crippen molar-refractivity contribution in [2.75, 3.05) is 6.61 Å². The fourth-order valence-electron chi connectivity index (χ4n) is 1.09. The Balaban J connectivity index is 1.86. The van der Waals surface area contributed by atoms with Gasteiger partial charge in [0, 0.05) is 6.20 Å². The minimum atomic E-state index is -0.468. The smallest absolute Gasteiger partial charge is 0.250 e. The monoisotopic (exact) mass is 208 g/mol. The molecule has 2 aromatic rings. The molecule has 0 saturated carbocycles. The number of hydrogen-bond donors (Lipinski definition) is 0. The molecule has 0 unspecified atom stereocenters. The van der Waals surface area contributed by atoms with E-state index in [4.69, 9.17) is 9.15 Å². The lowest BCUT2D eigenvalue weighted by Crippen LogP contribution is -2.04. The number of hydrogen-bond acceptors (Lipinski definition) is 4. The summed E-state index contributed by atoms with van der Waals surface area (Å²) >= 11 is 0. The molecule has 15 heavy (non-hydrogen) atoms.